The van der Waals surface area contributed by atoms with E-state index in [0.29, 0.717) is 0 Å². The van der Waals surface area contributed by atoms with Crippen molar-refractivity contribution in [2.45, 2.75) is 38.3 Å². The van der Waals surface area contributed by atoms with Gasteiger partial charge in [-0.15, -0.1) is 0 Å². The van der Waals surface area contributed by atoms with Gasteiger partial charge in [-0.2, -0.15) is 0 Å². The second kappa shape index (κ2) is 4.12. The van der Waals surface area contributed by atoms with Gasteiger partial charge in [-0.05, 0) is 39.3 Å². The maximum absolute atomic E-state index is 13.4. The molecule has 4 aliphatic heterocycles. The third-order valence-electron chi connectivity index (χ3n) is 7.49. The number of para-hydroxylation sites is 1. The number of nitrogens with zero attached hydrogens (tertiary/aromatic N) is 2. The van der Waals surface area contributed by atoms with E-state index < -0.39 is 16.4 Å². The van der Waals surface area contributed by atoms with E-state index in [1.54, 1.807) is 7.05 Å². The van der Waals surface area contributed by atoms with Gasteiger partial charge in [0.1, 0.15) is 5.54 Å². The van der Waals surface area contributed by atoms with Crippen molar-refractivity contribution in [3.63, 3.8) is 0 Å². The Bertz CT molecular complexity index is 867. The van der Waals surface area contributed by atoms with Crippen LogP contribution >= 0.6 is 0 Å². The highest BCUT2D eigenvalue weighted by Crippen LogP contribution is 2.71. The van der Waals surface area contributed by atoms with Crippen LogP contribution in [0.3, 0.4) is 0 Å². The first-order chi connectivity index (χ1) is 11.8. The number of fused-ring (bicyclic) bond motifs is 7. The molecule has 3 fully saturated rings. The van der Waals surface area contributed by atoms with Crippen molar-refractivity contribution in [2.24, 2.45) is 10.8 Å². The van der Waals surface area contributed by atoms with Crippen LogP contribution in [0.5, 0.6) is 0 Å². The molecule has 130 valence electrons. The zero-order valence-electron chi connectivity index (χ0n) is 14.6. The van der Waals surface area contributed by atoms with Gasteiger partial charge in [0, 0.05) is 24.3 Å². The quantitative estimate of drug-likeness (QED) is 0.724. The molecule has 5 rings (SSSR count). The van der Waals surface area contributed by atoms with Gasteiger partial charge in [0.05, 0.1) is 10.8 Å². The Balaban J connectivity index is 1.91. The lowest BCUT2D eigenvalue weighted by atomic mass is 9.56. The fourth-order valence-electron chi connectivity index (χ4n) is 6.30. The molecule has 1 N–H and O–H groups in total. The summed E-state index contributed by atoms with van der Waals surface area (Å²) in [7, 11) is 1.55. The summed E-state index contributed by atoms with van der Waals surface area (Å²) in [6, 6.07) is 7.47. The number of imide groups is 1. The molecule has 4 aliphatic rings. The average molecular weight is 339 g/mol. The molecule has 1 aromatic carbocycles. The molecule has 0 bridgehead atoms. The maximum Gasteiger partial charge on any atom is 0.250 e. The second-order valence-electron chi connectivity index (χ2n) is 8.06. The summed E-state index contributed by atoms with van der Waals surface area (Å²) in [5, 5.41) is 2.99. The van der Waals surface area contributed by atoms with E-state index in [-0.39, 0.29) is 23.8 Å². The van der Waals surface area contributed by atoms with Gasteiger partial charge in [-0.3, -0.25) is 24.2 Å². The van der Waals surface area contributed by atoms with Crippen LogP contribution in [0.2, 0.25) is 0 Å². The van der Waals surface area contributed by atoms with E-state index >= 15 is 0 Å². The molecule has 4 unspecified atom stereocenters. The first-order valence-corrected chi connectivity index (χ1v) is 8.83. The standard InChI is InChI=1S/C19H21N3O3/c1-17-13-9-6-10-22(13)19(18(17,2)16(25)21(3)15(17)24)11-7-4-5-8-12(11)20-14(19)23/h4-5,7-8,13H,6,9-10H2,1-3H3,(H,20,23). The minimum Gasteiger partial charge on any atom is -0.324 e. The highest BCUT2D eigenvalue weighted by atomic mass is 16.2. The van der Waals surface area contributed by atoms with Crippen molar-refractivity contribution in [2.75, 3.05) is 18.9 Å². The second-order valence-corrected chi connectivity index (χ2v) is 8.06. The number of nitrogens with one attached hydrogen (secondary N) is 1. The molecule has 4 atom stereocenters. The van der Waals surface area contributed by atoms with Crippen molar-refractivity contribution >= 4 is 23.4 Å². The Kier molecular flexibility index (Phi) is 2.49. The molecule has 3 amide bonds. The third-order valence-corrected chi connectivity index (χ3v) is 7.49. The normalized spacial score (nSPS) is 42.1. The molecule has 0 saturated carbocycles. The largest absolute Gasteiger partial charge is 0.324 e. The van der Waals surface area contributed by atoms with Crippen molar-refractivity contribution in [3.05, 3.63) is 29.8 Å². The van der Waals surface area contributed by atoms with Crippen molar-refractivity contribution in [3.8, 4) is 0 Å². The zero-order chi connectivity index (χ0) is 17.8. The van der Waals surface area contributed by atoms with Crippen LogP contribution in [0, 0.1) is 10.8 Å². The topological polar surface area (TPSA) is 69.7 Å². The summed E-state index contributed by atoms with van der Waals surface area (Å²) in [5.41, 5.74) is -1.55. The van der Waals surface area contributed by atoms with E-state index in [2.05, 4.69) is 10.2 Å². The summed E-state index contributed by atoms with van der Waals surface area (Å²) in [6.07, 6.45) is 1.76. The van der Waals surface area contributed by atoms with E-state index in [1.165, 1.54) is 4.90 Å². The molecular weight excluding hydrogens is 318 g/mol. The molecule has 25 heavy (non-hydrogen) atoms. The molecule has 6 heteroatoms. The van der Waals surface area contributed by atoms with Gasteiger partial charge in [0.15, 0.2) is 0 Å². The number of amides is 3. The molecule has 4 heterocycles. The highest BCUT2D eigenvalue weighted by Gasteiger charge is 2.85. The minimum atomic E-state index is -1.12. The van der Waals surface area contributed by atoms with Crippen LogP contribution in [0.25, 0.3) is 0 Å². The lowest BCUT2D eigenvalue weighted by molar-refractivity contribution is -0.149. The monoisotopic (exact) mass is 339 g/mol. The van der Waals surface area contributed by atoms with Crippen LogP contribution in [0.1, 0.15) is 32.3 Å². The SMILES string of the molecule is CN1C(=O)C2(C)C3CCCN3C3(C(=O)Nc4ccccc43)C2(C)C1=O. The molecule has 0 aromatic heterocycles. The van der Waals surface area contributed by atoms with Crippen molar-refractivity contribution < 1.29 is 14.4 Å². The van der Waals surface area contributed by atoms with Crippen LogP contribution in [-0.2, 0) is 19.9 Å². The lowest BCUT2D eigenvalue weighted by Crippen LogP contribution is -2.59. The zero-order valence-corrected chi connectivity index (χ0v) is 14.6. The first kappa shape index (κ1) is 15.1. The smallest absolute Gasteiger partial charge is 0.250 e. The van der Waals surface area contributed by atoms with Crippen LogP contribution in [0.15, 0.2) is 24.3 Å². The summed E-state index contributed by atoms with van der Waals surface area (Å²) in [6.45, 7) is 4.45. The predicted octanol–water partition coefficient (Wildman–Crippen LogP) is 1.32. The Labute approximate surface area is 146 Å². The maximum atomic E-state index is 13.4. The predicted molar refractivity (Wildman–Crippen MR) is 90.5 cm³/mol. The fourth-order valence-corrected chi connectivity index (χ4v) is 6.30. The number of rotatable bonds is 0. The minimum absolute atomic E-state index is 0.101. The molecule has 0 radical (unpaired) electrons. The van der Waals surface area contributed by atoms with Crippen LogP contribution in [0.4, 0.5) is 5.69 Å². The van der Waals surface area contributed by atoms with Crippen molar-refractivity contribution in [1.29, 1.82) is 0 Å². The van der Waals surface area contributed by atoms with Gasteiger partial charge >= 0.3 is 0 Å². The Morgan fingerprint density at radius 2 is 1.84 bits per heavy atom. The first-order valence-electron chi connectivity index (χ1n) is 8.83. The van der Waals surface area contributed by atoms with Gasteiger partial charge in [-0.1, -0.05) is 18.2 Å². The average Bonchev–Trinajstić information content (AvgIpc) is 3.26. The van der Waals surface area contributed by atoms with E-state index in [1.807, 2.05) is 38.1 Å². The Hall–Kier alpha value is -2.21. The number of benzene rings is 1. The number of hydrogen-bond donors (Lipinski definition) is 1. The third kappa shape index (κ3) is 1.19. The van der Waals surface area contributed by atoms with Crippen LogP contribution < -0.4 is 5.32 Å². The Morgan fingerprint density at radius 3 is 2.60 bits per heavy atom. The van der Waals surface area contributed by atoms with E-state index in [9.17, 15) is 14.4 Å². The Morgan fingerprint density at radius 1 is 1.12 bits per heavy atom. The summed E-state index contributed by atoms with van der Waals surface area (Å²) in [5.74, 6) is -0.588. The van der Waals surface area contributed by atoms with E-state index in [4.69, 9.17) is 0 Å². The molecule has 1 aromatic rings. The van der Waals surface area contributed by atoms with Crippen LogP contribution in [-0.4, -0.2) is 47.2 Å². The summed E-state index contributed by atoms with van der Waals surface area (Å²) in [4.78, 5) is 43.3. The number of carbonyl (C=O) groups is 3. The molecule has 1 spiro atoms. The fraction of sp³-hybridized carbons (Fsp3) is 0.526. The molecule has 3 saturated heterocycles. The number of carbonyl (C=O) groups excluding carboxylic acids is 3. The van der Waals surface area contributed by atoms with Gasteiger partial charge in [0.2, 0.25) is 11.8 Å². The van der Waals surface area contributed by atoms with Gasteiger partial charge < -0.3 is 5.32 Å². The van der Waals surface area contributed by atoms with E-state index in [0.717, 1.165) is 30.6 Å². The van der Waals surface area contributed by atoms with Gasteiger partial charge in [-0.25, -0.2) is 0 Å². The molecule has 0 aliphatic carbocycles. The number of anilines is 1. The highest BCUT2D eigenvalue weighted by molar-refractivity contribution is 6.18. The summed E-state index contributed by atoms with van der Waals surface area (Å²) < 4.78 is 0. The lowest BCUT2D eigenvalue weighted by Gasteiger charge is -2.42. The summed E-state index contributed by atoms with van der Waals surface area (Å²) >= 11 is 0. The molecule has 6 nitrogen and oxygen atoms in total. The number of likely N-dealkylation sites (tertiary alicyclic amines) is 1. The molecular formula is C19H21N3O3. The van der Waals surface area contributed by atoms with Gasteiger partial charge in [0.25, 0.3) is 5.91 Å². The van der Waals surface area contributed by atoms with Crippen molar-refractivity contribution in [1.82, 2.24) is 9.80 Å². The number of hydrogen-bond acceptors (Lipinski definition) is 4.